The van der Waals surface area contributed by atoms with Crippen LogP contribution in [0.3, 0.4) is 0 Å². The Morgan fingerprint density at radius 3 is 2.47 bits per heavy atom. The fourth-order valence-corrected chi connectivity index (χ4v) is 2.06. The molecule has 1 aromatic heterocycles. The van der Waals surface area contributed by atoms with Crippen molar-refractivity contribution in [2.24, 2.45) is 17.1 Å². The summed E-state index contributed by atoms with van der Waals surface area (Å²) >= 11 is 5.14. The molecule has 0 bridgehead atoms. The maximum atomic E-state index is 5.82. The fourth-order valence-electron chi connectivity index (χ4n) is 1.81. The Kier molecular flexibility index (Phi) is 4.91. The summed E-state index contributed by atoms with van der Waals surface area (Å²) in [6, 6.07) is 2.01. The van der Waals surface area contributed by atoms with Crippen LogP contribution in [-0.4, -0.2) is 16.5 Å². The summed E-state index contributed by atoms with van der Waals surface area (Å²) in [6.45, 7) is 13.8. The van der Waals surface area contributed by atoms with Crippen LogP contribution in [0.1, 0.15) is 44.6 Å². The first-order chi connectivity index (χ1) is 8.65. The lowest BCUT2D eigenvalue weighted by molar-refractivity contribution is 0.269. The van der Waals surface area contributed by atoms with E-state index in [1.165, 1.54) is 0 Å². The first kappa shape index (κ1) is 15.9. The molecule has 0 unspecified atom stereocenters. The molecule has 1 heterocycles. The number of thiocarbonyl (C=S) groups is 1. The SMILES string of the molecule is Cc1cc(NCC(C)(C)C(C)C)c(C(N)=S)c(C)n1. The average Bonchev–Trinajstić information content (AvgIpc) is 2.24. The van der Waals surface area contributed by atoms with Gasteiger partial charge in [-0.1, -0.05) is 39.9 Å². The van der Waals surface area contributed by atoms with Crippen molar-refractivity contribution in [3.8, 4) is 0 Å². The average molecular weight is 279 g/mol. The normalized spacial score (nSPS) is 11.7. The van der Waals surface area contributed by atoms with Crippen LogP contribution in [0.5, 0.6) is 0 Å². The Morgan fingerprint density at radius 1 is 1.42 bits per heavy atom. The number of nitrogens with two attached hydrogens (primary N) is 1. The fraction of sp³-hybridized carbons (Fsp3) is 0.600. The van der Waals surface area contributed by atoms with Crippen molar-refractivity contribution in [1.29, 1.82) is 0 Å². The summed E-state index contributed by atoms with van der Waals surface area (Å²) in [5.74, 6) is 0.595. The number of nitrogens with one attached hydrogen (secondary N) is 1. The second kappa shape index (κ2) is 5.87. The van der Waals surface area contributed by atoms with Crippen molar-refractivity contribution in [1.82, 2.24) is 4.98 Å². The Hall–Kier alpha value is -1.16. The highest BCUT2D eigenvalue weighted by molar-refractivity contribution is 7.80. The molecule has 0 amide bonds. The number of hydrogen-bond acceptors (Lipinski definition) is 3. The van der Waals surface area contributed by atoms with E-state index in [1.54, 1.807) is 0 Å². The monoisotopic (exact) mass is 279 g/mol. The molecule has 0 aromatic carbocycles. The molecule has 0 aliphatic heterocycles. The van der Waals surface area contributed by atoms with Gasteiger partial charge in [0.1, 0.15) is 4.99 Å². The molecule has 0 saturated carbocycles. The highest BCUT2D eigenvalue weighted by Crippen LogP contribution is 2.28. The van der Waals surface area contributed by atoms with E-state index in [2.05, 4.69) is 38.0 Å². The Balaban J connectivity index is 3.04. The number of pyridine rings is 1. The largest absolute Gasteiger partial charge is 0.389 e. The number of hydrogen-bond donors (Lipinski definition) is 2. The molecule has 0 aliphatic rings. The van der Waals surface area contributed by atoms with Crippen LogP contribution in [-0.2, 0) is 0 Å². The summed E-state index contributed by atoms with van der Waals surface area (Å²) in [4.78, 5) is 4.83. The Morgan fingerprint density at radius 2 is 2.00 bits per heavy atom. The van der Waals surface area contributed by atoms with Gasteiger partial charge in [-0.2, -0.15) is 0 Å². The third-order valence-electron chi connectivity index (χ3n) is 3.87. The van der Waals surface area contributed by atoms with Crippen LogP contribution in [0, 0.1) is 25.2 Å². The number of rotatable bonds is 5. The lowest BCUT2D eigenvalue weighted by atomic mass is 9.81. The predicted octanol–water partition coefficient (Wildman–Crippen LogP) is 3.43. The highest BCUT2D eigenvalue weighted by Gasteiger charge is 2.22. The molecule has 0 atom stereocenters. The van der Waals surface area contributed by atoms with Gasteiger partial charge in [0.15, 0.2) is 0 Å². The first-order valence-electron chi connectivity index (χ1n) is 6.67. The highest BCUT2D eigenvalue weighted by atomic mass is 32.1. The number of nitrogens with zero attached hydrogens (tertiary/aromatic N) is 1. The standard InChI is InChI=1S/C15H25N3S/c1-9(2)15(5,6)8-17-12-7-10(3)18-11(4)13(12)14(16)19/h7,9H,8H2,1-6H3,(H2,16,19)(H,17,18). The molecule has 0 radical (unpaired) electrons. The minimum absolute atomic E-state index is 0.207. The van der Waals surface area contributed by atoms with Crippen LogP contribution >= 0.6 is 12.2 Å². The number of aromatic nitrogens is 1. The second-order valence-electron chi connectivity index (χ2n) is 6.13. The minimum atomic E-state index is 0.207. The van der Waals surface area contributed by atoms with E-state index < -0.39 is 0 Å². The third kappa shape index (κ3) is 3.90. The van der Waals surface area contributed by atoms with Gasteiger partial charge in [-0.15, -0.1) is 0 Å². The van der Waals surface area contributed by atoms with E-state index in [0.717, 1.165) is 29.2 Å². The summed E-state index contributed by atoms with van der Waals surface area (Å²) < 4.78 is 0. The molecule has 4 heteroatoms. The summed E-state index contributed by atoms with van der Waals surface area (Å²) in [6.07, 6.45) is 0. The van der Waals surface area contributed by atoms with E-state index in [-0.39, 0.29) is 5.41 Å². The lowest BCUT2D eigenvalue weighted by Gasteiger charge is -2.30. The van der Waals surface area contributed by atoms with Gasteiger partial charge in [-0.3, -0.25) is 4.98 Å². The molecule has 1 rings (SSSR count). The number of anilines is 1. The van der Waals surface area contributed by atoms with Crippen molar-refractivity contribution < 1.29 is 0 Å². The Labute approximate surface area is 122 Å². The van der Waals surface area contributed by atoms with Gasteiger partial charge >= 0.3 is 0 Å². The van der Waals surface area contributed by atoms with Gasteiger partial charge in [0, 0.05) is 23.6 Å². The van der Waals surface area contributed by atoms with Crippen LogP contribution in [0.25, 0.3) is 0 Å². The van der Waals surface area contributed by atoms with E-state index in [9.17, 15) is 0 Å². The first-order valence-corrected chi connectivity index (χ1v) is 7.08. The Bertz CT molecular complexity index is 479. The van der Waals surface area contributed by atoms with E-state index >= 15 is 0 Å². The molecule has 0 fully saturated rings. The molecular formula is C15H25N3S. The maximum absolute atomic E-state index is 5.82. The van der Waals surface area contributed by atoms with Crippen LogP contribution in [0.4, 0.5) is 5.69 Å². The van der Waals surface area contributed by atoms with E-state index in [0.29, 0.717) is 10.9 Å². The van der Waals surface area contributed by atoms with Crippen molar-refractivity contribution >= 4 is 22.9 Å². The van der Waals surface area contributed by atoms with E-state index in [4.69, 9.17) is 18.0 Å². The van der Waals surface area contributed by atoms with Gasteiger partial charge in [-0.25, -0.2) is 0 Å². The van der Waals surface area contributed by atoms with Crippen molar-refractivity contribution in [2.75, 3.05) is 11.9 Å². The smallest absolute Gasteiger partial charge is 0.107 e. The quantitative estimate of drug-likeness (QED) is 0.811. The molecule has 1 aromatic rings. The topological polar surface area (TPSA) is 50.9 Å². The molecule has 0 aliphatic carbocycles. The van der Waals surface area contributed by atoms with Gasteiger partial charge < -0.3 is 11.1 Å². The predicted molar refractivity (Wildman–Crippen MR) is 86.7 cm³/mol. The van der Waals surface area contributed by atoms with Crippen molar-refractivity contribution in [3.05, 3.63) is 23.0 Å². The molecule has 19 heavy (non-hydrogen) atoms. The van der Waals surface area contributed by atoms with Crippen molar-refractivity contribution in [2.45, 2.75) is 41.5 Å². The molecule has 0 saturated heterocycles. The van der Waals surface area contributed by atoms with Crippen LogP contribution in [0.15, 0.2) is 6.07 Å². The lowest BCUT2D eigenvalue weighted by Crippen LogP contribution is -2.29. The summed E-state index contributed by atoms with van der Waals surface area (Å²) in [7, 11) is 0. The summed E-state index contributed by atoms with van der Waals surface area (Å²) in [5, 5.41) is 3.49. The molecule has 3 nitrogen and oxygen atoms in total. The zero-order valence-corrected chi connectivity index (χ0v) is 13.6. The third-order valence-corrected chi connectivity index (χ3v) is 4.08. The van der Waals surface area contributed by atoms with Gasteiger partial charge in [-0.05, 0) is 31.2 Å². The minimum Gasteiger partial charge on any atom is -0.389 e. The zero-order valence-electron chi connectivity index (χ0n) is 12.8. The van der Waals surface area contributed by atoms with Gasteiger partial charge in [0.25, 0.3) is 0 Å². The zero-order chi connectivity index (χ0) is 14.8. The van der Waals surface area contributed by atoms with Crippen molar-refractivity contribution in [3.63, 3.8) is 0 Å². The van der Waals surface area contributed by atoms with E-state index in [1.807, 2.05) is 19.9 Å². The second-order valence-corrected chi connectivity index (χ2v) is 6.57. The molecule has 106 valence electrons. The molecule has 3 N–H and O–H groups in total. The maximum Gasteiger partial charge on any atom is 0.107 e. The van der Waals surface area contributed by atoms with Gasteiger partial charge in [0.05, 0.1) is 5.56 Å². The summed E-state index contributed by atoms with van der Waals surface area (Å²) in [5.41, 5.74) is 9.74. The molecule has 0 spiro atoms. The van der Waals surface area contributed by atoms with Gasteiger partial charge in [0.2, 0.25) is 0 Å². The molecular weight excluding hydrogens is 254 g/mol. The van der Waals surface area contributed by atoms with Crippen LogP contribution in [0.2, 0.25) is 0 Å². The van der Waals surface area contributed by atoms with Crippen LogP contribution < -0.4 is 11.1 Å². The number of aryl methyl sites for hydroxylation is 2.